The van der Waals surface area contributed by atoms with Crippen LogP contribution in [0.15, 0.2) is 12.1 Å². The highest BCUT2D eigenvalue weighted by molar-refractivity contribution is 7.80. The number of aryl methyl sites for hydroxylation is 1. The van der Waals surface area contributed by atoms with Crippen LogP contribution in [-0.4, -0.2) is 29.1 Å². The highest BCUT2D eigenvalue weighted by atomic mass is 32.1. The summed E-state index contributed by atoms with van der Waals surface area (Å²) in [5, 5.41) is 1.85. The lowest BCUT2D eigenvalue weighted by Crippen LogP contribution is -2.20. The fourth-order valence-electron chi connectivity index (χ4n) is 1.12. The molecule has 0 unspecified atom stereocenters. The van der Waals surface area contributed by atoms with Crippen LogP contribution in [0.4, 0.5) is 5.69 Å². The number of aromatic nitrogens is 1. The number of hydrazine groups is 1. The number of hydrogen-bond acceptors (Lipinski definition) is 4. The number of pyridine rings is 1. The van der Waals surface area contributed by atoms with Crippen molar-refractivity contribution in [2.75, 3.05) is 19.5 Å². The van der Waals surface area contributed by atoms with Crippen molar-refractivity contribution in [2.45, 2.75) is 6.92 Å². The van der Waals surface area contributed by atoms with Crippen LogP contribution in [0.2, 0.25) is 0 Å². The van der Waals surface area contributed by atoms with E-state index in [1.54, 1.807) is 0 Å². The van der Waals surface area contributed by atoms with Gasteiger partial charge >= 0.3 is 0 Å². The Hall–Kier alpha value is -1.20. The number of thiocarbonyl (C=S) groups is 1. The van der Waals surface area contributed by atoms with Crippen molar-refractivity contribution in [3.05, 3.63) is 23.5 Å². The normalized spacial score (nSPS) is 10.3. The second-order valence-electron chi connectivity index (χ2n) is 3.25. The Morgan fingerprint density at radius 1 is 1.50 bits per heavy atom. The first-order chi connectivity index (χ1) is 6.49. The molecule has 0 atom stereocenters. The summed E-state index contributed by atoms with van der Waals surface area (Å²) in [6.07, 6.45) is 0. The fraction of sp³-hybridized carbons (Fsp3) is 0.333. The van der Waals surface area contributed by atoms with Crippen LogP contribution in [-0.2, 0) is 0 Å². The molecule has 0 saturated carbocycles. The van der Waals surface area contributed by atoms with Crippen LogP contribution in [0.25, 0.3) is 0 Å². The third-order valence-corrected chi connectivity index (χ3v) is 1.77. The monoisotopic (exact) mass is 210 g/mol. The first-order valence-corrected chi connectivity index (χ1v) is 4.62. The summed E-state index contributed by atoms with van der Waals surface area (Å²) >= 11 is 4.87. The van der Waals surface area contributed by atoms with Gasteiger partial charge in [0.25, 0.3) is 0 Å². The van der Waals surface area contributed by atoms with Crippen molar-refractivity contribution < 1.29 is 0 Å². The van der Waals surface area contributed by atoms with E-state index in [-0.39, 0.29) is 0 Å². The summed E-state index contributed by atoms with van der Waals surface area (Å²) in [7, 11) is 3.83. The minimum absolute atomic E-state index is 0.315. The van der Waals surface area contributed by atoms with Gasteiger partial charge in [-0.1, -0.05) is 12.2 Å². The van der Waals surface area contributed by atoms with E-state index in [9.17, 15) is 0 Å². The van der Waals surface area contributed by atoms with Gasteiger partial charge in [0.2, 0.25) is 0 Å². The smallest absolute Gasteiger partial charge is 0.122 e. The molecule has 0 aliphatic rings. The Balaban J connectivity index is 3.01. The Kier molecular flexibility index (Phi) is 3.38. The van der Waals surface area contributed by atoms with Gasteiger partial charge in [-0.3, -0.25) is 4.98 Å². The molecule has 0 saturated heterocycles. The van der Waals surface area contributed by atoms with Crippen LogP contribution in [0, 0.1) is 6.92 Å². The third-order valence-electron chi connectivity index (χ3n) is 1.56. The number of anilines is 1. The first kappa shape index (κ1) is 10.9. The predicted octanol–water partition coefficient (Wildman–Crippen LogP) is 0.913. The average Bonchev–Trinajstić information content (AvgIpc) is 2.01. The van der Waals surface area contributed by atoms with Crippen molar-refractivity contribution in [1.29, 1.82) is 0 Å². The van der Waals surface area contributed by atoms with Gasteiger partial charge in [0.15, 0.2) is 0 Å². The van der Waals surface area contributed by atoms with E-state index in [4.69, 9.17) is 18.0 Å². The number of nitrogens with zero attached hydrogens (tertiary/aromatic N) is 2. The molecular formula is C9H14N4S. The third kappa shape index (κ3) is 2.93. The van der Waals surface area contributed by atoms with Gasteiger partial charge in [-0.15, -0.1) is 0 Å². The zero-order valence-corrected chi connectivity index (χ0v) is 9.35. The van der Waals surface area contributed by atoms with Crippen LogP contribution in [0.1, 0.15) is 11.4 Å². The molecule has 1 rings (SSSR count). The van der Waals surface area contributed by atoms with Gasteiger partial charge in [0, 0.05) is 19.8 Å². The molecule has 0 bridgehead atoms. The highest BCUT2D eigenvalue weighted by Crippen LogP contribution is 2.11. The van der Waals surface area contributed by atoms with Gasteiger partial charge in [-0.05, 0) is 19.1 Å². The summed E-state index contributed by atoms with van der Waals surface area (Å²) in [6, 6.07) is 3.76. The van der Waals surface area contributed by atoms with Crippen LogP contribution in [0.5, 0.6) is 0 Å². The number of hydrogen-bond donors (Lipinski definition) is 2. The molecule has 76 valence electrons. The van der Waals surface area contributed by atoms with E-state index in [1.807, 2.05) is 38.2 Å². The number of nitrogens with two attached hydrogens (primary N) is 1. The summed E-state index contributed by atoms with van der Waals surface area (Å²) in [6.45, 7) is 1.91. The van der Waals surface area contributed by atoms with Gasteiger partial charge < -0.3 is 11.2 Å². The van der Waals surface area contributed by atoms with Crippen molar-refractivity contribution in [3.8, 4) is 0 Å². The molecule has 5 heteroatoms. The molecular weight excluding hydrogens is 196 g/mol. The van der Waals surface area contributed by atoms with E-state index in [2.05, 4.69) is 10.4 Å². The maximum atomic E-state index is 5.51. The van der Waals surface area contributed by atoms with Crippen molar-refractivity contribution in [3.63, 3.8) is 0 Å². The summed E-state index contributed by atoms with van der Waals surface area (Å²) in [5.41, 5.74) is 11.1. The molecule has 0 fully saturated rings. The predicted molar refractivity (Wildman–Crippen MR) is 62.2 cm³/mol. The lowest BCUT2D eigenvalue weighted by Gasteiger charge is -2.14. The van der Waals surface area contributed by atoms with Gasteiger partial charge in [-0.2, -0.15) is 0 Å². The Morgan fingerprint density at radius 3 is 2.64 bits per heavy atom. The molecule has 0 aromatic carbocycles. The molecule has 1 heterocycles. The topological polar surface area (TPSA) is 54.2 Å². The fourth-order valence-corrected chi connectivity index (χ4v) is 1.22. The Labute approximate surface area is 89.1 Å². The quantitative estimate of drug-likeness (QED) is 0.574. The summed E-state index contributed by atoms with van der Waals surface area (Å²) in [5.74, 6) is 0. The summed E-state index contributed by atoms with van der Waals surface area (Å²) < 4.78 is 0. The molecule has 1 aromatic heterocycles. The van der Waals surface area contributed by atoms with E-state index in [1.165, 1.54) is 0 Å². The highest BCUT2D eigenvalue weighted by Gasteiger charge is 2.02. The second kappa shape index (κ2) is 4.34. The maximum Gasteiger partial charge on any atom is 0.122 e. The minimum Gasteiger partial charge on any atom is -0.388 e. The molecule has 0 aliphatic heterocycles. The molecule has 1 aromatic rings. The van der Waals surface area contributed by atoms with Crippen molar-refractivity contribution in [1.82, 2.24) is 9.99 Å². The van der Waals surface area contributed by atoms with Crippen molar-refractivity contribution >= 4 is 22.9 Å². The van der Waals surface area contributed by atoms with E-state index < -0.39 is 0 Å². The van der Waals surface area contributed by atoms with E-state index in [0.717, 1.165) is 11.4 Å². The molecule has 3 N–H and O–H groups in total. The zero-order valence-electron chi connectivity index (χ0n) is 8.53. The number of rotatable bonds is 3. The molecule has 14 heavy (non-hydrogen) atoms. The van der Waals surface area contributed by atoms with Gasteiger partial charge in [-0.25, -0.2) is 5.01 Å². The van der Waals surface area contributed by atoms with Crippen LogP contribution in [0.3, 0.4) is 0 Å². The van der Waals surface area contributed by atoms with Gasteiger partial charge in [0.05, 0.1) is 11.4 Å². The Bertz CT molecular complexity index is 349. The minimum atomic E-state index is 0.315. The van der Waals surface area contributed by atoms with Crippen LogP contribution < -0.4 is 11.2 Å². The zero-order chi connectivity index (χ0) is 10.7. The standard InChI is InChI=1S/C9H14N4S/c1-6-4-7(12-13(2)3)5-8(11-6)9(10)14/h4-5H,1-3H3,(H2,10,14)(H,11,12). The first-order valence-electron chi connectivity index (χ1n) is 4.21. The number of nitrogens with one attached hydrogen (secondary N) is 1. The Morgan fingerprint density at radius 2 is 2.14 bits per heavy atom. The lowest BCUT2D eigenvalue weighted by atomic mass is 10.2. The molecule has 4 nitrogen and oxygen atoms in total. The van der Waals surface area contributed by atoms with Crippen LogP contribution >= 0.6 is 12.2 Å². The molecule has 0 aliphatic carbocycles. The molecule has 0 spiro atoms. The van der Waals surface area contributed by atoms with Crippen molar-refractivity contribution in [2.24, 2.45) is 5.73 Å². The molecule has 0 amide bonds. The molecule has 0 radical (unpaired) electrons. The average molecular weight is 210 g/mol. The summed E-state index contributed by atoms with van der Waals surface area (Å²) in [4.78, 5) is 4.53. The second-order valence-corrected chi connectivity index (χ2v) is 3.69. The SMILES string of the molecule is Cc1cc(NN(C)C)cc(C(N)=S)n1. The van der Waals surface area contributed by atoms with E-state index >= 15 is 0 Å². The van der Waals surface area contributed by atoms with E-state index in [0.29, 0.717) is 10.7 Å². The largest absolute Gasteiger partial charge is 0.388 e. The lowest BCUT2D eigenvalue weighted by molar-refractivity contribution is 0.495. The van der Waals surface area contributed by atoms with Gasteiger partial charge in [0.1, 0.15) is 4.99 Å². The maximum absolute atomic E-state index is 5.51.